The maximum absolute atomic E-state index is 12.3. The number of carbonyl (C=O) groups excluding carboxylic acids is 1. The average Bonchev–Trinajstić information content (AvgIpc) is 3.02. The lowest BCUT2D eigenvalue weighted by atomic mass is 10.1. The van der Waals surface area contributed by atoms with E-state index in [1.165, 1.54) is 0 Å². The van der Waals surface area contributed by atoms with Gasteiger partial charge in [-0.25, -0.2) is 0 Å². The number of furan rings is 1. The summed E-state index contributed by atoms with van der Waals surface area (Å²) in [6, 6.07) is 13.8. The highest BCUT2D eigenvalue weighted by Crippen LogP contribution is 2.29. The Kier molecular flexibility index (Phi) is 4.32. The standard InChI is InChI=1S/C19H16ClNO3/c1-11-8-15(16(22)9-12(11)2)21-19(23)18-7-6-17(24-18)13-4-3-5-14(20)10-13/h3-10,22H,1-2H3,(H,21,23). The molecule has 122 valence electrons. The third-order valence-electron chi connectivity index (χ3n) is 3.80. The first-order valence-corrected chi connectivity index (χ1v) is 7.79. The van der Waals surface area contributed by atoms with Crippen LogP contribution in [-0.4, -0.2) is 11.0 Å². The Labute approximate surface area is 144 Å². The second-order valence-electron chi connectivity index (χ2n) is 5.58. The van der Waals surface area contributed by atoms with E-state index in [9.17, 15) is 9.90 Å². The lowest BCUT2D eigenvalue weighted by Crippen LogP contribution is -2.11. The van der Waals surface area contributed by atoms with Crippen LogP contribution in [0, 0.1) is 13.8 Å². The fraction of sp³-hybridized carbons (Fsp3) is 0.105. The molecule has 0 bridgehead atoms. The minimum Gasteiger partial charge on any atom is -0.506 e. The van der Waals surface area contributed by atoms with E-state index in [2.05, 4.69) is 5.32 Å². The number of aryl methyl sites for hydroxylation is 2. The molecule has 1 amide bonds. The smallest absolute Gasteiger partial charge is 0.291 e. The predicted molar refractivity (Wildman–Crippen MR) is 94.7 cm³/mol. The minimum absolute atomic E-state index is 0.0214. The van der Waals surface area contributed by atoms with Crippen LogP contribution in [0.2, 0.25) is 5.02 Å². The number of phenols is 1. The number of carbonyl (C=O) groups is 1. The summed E-state index contributed by atoms with van der Waals surface area (Å²) in [5, 5.41) is 13.2. The number of halogens is 1. The Hall–Kier alpha value is -2.72. The highest BCUT2D eigenvalue weighted by molar-refractivity contribution is 6.30. The van der Waals surface area contributed by atoms with Gasteiger partial charge in [0, 0.05) is 10.6 Å². The third-order valence-corrected chi connectivity index (χ3v) is 4.03. The van der Waals surface area contributed by atoms with E-state index in [0.717, 1.165) is 16.7 Å². The molecular weight excluding hydrogens is 326 g/mol. The molecule has 0 saturated carbocycles. The van der Waals surface area contributed by atoms with E-state index < -0.39 is 5.91 Å². The minimum atomic E-state index is -0.429. The number of hydrogen-bond donors (Lipinski definition) is 2. The number of aromatic hydroxyl groups is 1. The van der Waals surface area contributed by atoms with Crippen LogP contribution in [0.15, 0.2) is 52.9 Å². The first kappa shape index (κ1) is 16.1. The van der Waals surface area contributed by atoms with E-state index in [4.69, 9.17) is 16.0 Å². The Morgan fingerprint density at radius 2 is 1.83 bits per heavy atom. The summed E-state index contributed by atoms with van der Waals surface area (Å²) < 4.78 is 5.60. The summed E-state index contributed by atoms with van der Waals surface area (Å²) in [6.45, 7) is 3.80. The van der Waals surface area contributed by atoms with Crippen LogP contribution in [0.3, 0.4) is 0 Å². The summed E-state index contributed by atoms with van der Waals surface area (Å²) in [6.07, 6.45) is 0. The molecule has 1 heterocycles. The predicted octanol–water partition coefficient (Wildman–Crippen LogP) is 5.17. The van der Waals surface area contributed by atoms with Crippen LogP contribution < -0.4 is 5.32 Å². The van der Waals surface area contributed by atoms with Crippen molar-refractivity contribution in [2.45, 2.75) is 13.8 Å². The zero-order valence-corrected chi connectivity index (χ0v) is 14.0. The van der Waals surface area contributed by atoms with Crippen LogP contribution in [-0.2, 0) is 0 Å². The van der Waals surface area contributed by atoms with Crippen LogP contribution in [0.1, 0.15) is 21.7 Å². The second kappa shape index (κ2) is 6.42. The number of hydrogen-bond acceptors (Lipinski definition) is 3. The molecule has 2 aromatic carbocycles. The monoisotopic (exact) mass is 341 g/mol. The summed E-state index contributed by atoms with van der Waals surface area (Å²) in [7, 11) is 0. The number of benzene rings is 2. The number of amides is 1. The summed E-state index contributed by atoms with van der Waals surface area (Å²) in [5.41, 5.74) is 3.06. The normalized spacial score (nSPS) is 10.6. The van der Waals surface area contributed by atoms with Gasteiger partial charge in [0.2, 0.25) is 0 Å². The van der Waals surface area contributed by atoms with E-state index in [-0.39, 0.29) is 11.5 Å². The number of nitrogens with one attached hydrogen (secondary N) is 1. The van der Waals surface area contributed by atoms with Crippen LogP contribution in [0.25, 0.3) is 11.3 Å². The van der Waals surface area contributed by atoms with Crippen LogP contribution in [0.4, 0.5) is 5.69 Å². The zero-order chi connectivity index (χ0) is 17.3. The van der Waals surface area contributed by atoms with Crippen molar-refractivity contribution in [1.82, 2.24) is 0 Å². The first-order valence-electron chi connectivity index (χ1n) is 7.41. The van der Waals surface area contributed by atoms with E-state index >= 15 is 0 Å². The van der Waals surface area contributed by atoms with Gasteiger partial charge in [0.05, 0.1) is 5.69 Å². The molecule has 0 aliphatic rings. The maximum atomic E-state index is 12.3. The molecule has 0 spiro atoms. The van der Waals surface area contributed by atoms with Gasteiger partial charge >= 0.3 is 0 Å². The molecule has 5 heteroatoms. The Balaban J connectivity index is 1.83. The molecule has 3 aromatic rings. The number of phenolic OH excluding ortho intramolecular Hbond substituents is 1. The zero-order valence-electron chi connectivity index (χ0n) is 13.3. The molecule has 0 aliphatic carbocycles. The molecule has 4 nitrogen and oxygen atoms in total. The van der Waals surface area contributed by atoms with Crippen LogP contribution >= 0.6 is 11.6 Å². The quantitative estimate of drug-likeness (QED) is 0.645. The van der Waals surface area contributed by atoms with E-state index in [1.54, 1.807) is 36.4 Å². The SMILES string of the molecule is Cc1cc(O)c(NC(=O)c2ccc(-c3cccc(Cl)c3)o2)cc1C. The van der Waals surface area contributed by atoms with E-state index in [1.807, 2.05) is 26.0 Å². The van der Waals surface area contributed by atoms with Crippen molar-refractivity contribution in [3.63, 3.8) is 0 Å². The molecule has 0 radical (unpaired) electrons. The van der Waals surface area contributed by atoms with Gasteiger partial charge in [0.15, 0.2) is 5.76 Å². The van der Waals surface area contributed by atoms with Gasteiger partial charge in [-0.05, 0) is 61.4 Å². The Morgan fingerprint density at radius 3 is 2.58 bits per heavy atom. The van der Waals surface area contributed by atoms with Gasteiger partial charge in [0.1, 0.15) is 11.5 Å². The second-order valence-corrected chi connectivity index (χ2v) is 6.02. The van der Waals surface area contributed by atoms with Crippen molar-refractivity contribution in [1.29, 1.82) is 0 Å². The maximum Gasteiger partial charge on any atom is 0.291 e. The average molecular weight is 342 g/mol. The molecule has 0 saturated heterocycles. The third kappa shape index (κ3) is 3.29. The van der Waals surface area contributed by atoms with Crippen molar-refractivity contribution in [3.8, 4) is 17.1 Å². The summed E-state index contributed by atoms with van der Waals surface area (Å²) in [5.74, 6) is 0.296. The lowest BCUT2D eigenvalue weighted by molar-refractivity contribution is 0.0997. The molecular formula is C19H16ClNO3. The fourth-order valence-corrected chi connectivity index (χ4v) is 2.53. The van der Waals surface area contributed by atoms with Crippen molar-refractivity contribution in [3.05, 3.63) is 70.4 Å². The number of anilines is 1. The fourth-order valence-electron chi connectivity index (χ4n) is 2.34. The summed E-state index contributed by atoms with van der Waals surface area (Å²) >= 11 is 5.97. The molecule has 2 N–H and O–H groups in total. The van der Waals surface area contributed by atoms with Gasteiger partial charge in [-0.1, -0.05) is 23.7 Å². The Bertz CT molecular complexity index is 915. The lowest BCUT2D eigenvalue weighted by Gasteiger charge is -2.09. The molecule has 1 aromatic heterocycles. The Morgan fingerprint density at radius 1 is 1.08 bits per heavy atom. The molecule has 24 heavy (non-hydrogen) atoms. The number of rotatable bonds is 3. The van der Waals surface area contributed by atoms with Gasteiger partial charge in [0.25, 0.3) is 5.91 Å². The largest absolute Gasteiger partial charge is 0.506 e. The highest BCUT2D eigenvalue weighted by Gasteiger charge is 2.15. The van der Waals surface area contributed by atoms with Crippen LogP contribution in [0.5, 0.6) is 5.75 Å². The molecule has 0 atom stereocenters. The first-order chi connectivity index (χ1) is 11.4. The van der Waals surface area contributed by atoms with E-state index in [0.29, 0.717) is 16.5 Å². The summed E-state index contributed by atoms with van der Waals surface area (Å²) in [4.78, 5) is 12.3. The molecule has 0 aliphatic heterocycles. The van der Waals surface area contributed by atoms with Gasteiger partial charge in [-0.3, -0.25) is 4.79 Å². The molecule has 3 rings (SSSR count). The van der Waals surface area contributed by atoms with Crippen molar-refractivity contribution in [2.75, 3.05) is 5.32 Å². The van der Waals surface area contributed by atoms with Crippen molar-refractivity contribution < 1.29 is 14.3 Å². The van der Waals surface area contributed by atoms with Gasteiger partial charge < -0.3 is 14.8 Å². The van der Waals surface area contributed by atoms with Crippen molar-refractivity contribution >= 4 is 23.2 Å². The molecule has 0 fully saturated rings. The van der Waals surface area contributed by atoms with Gasteiger partial charge in [-0.2, -0.15) is 0 Å². The van der Waals surface area contributed by atoms with Crippen molar-refractivity contribution in [2.24, 2.45) is 0 Å². The van der Waals surface area contributed by atoms with Gasteiger partial charge in [-0.15, -0.1) is 0 Å². The topological polar surface area (TPSA) is 62.5 Å². The molecule has 0 unspecified atom stereocenters. The highest BCUT2D eigenvalue weighted by atomic mass is 35.5.